The van der Waals surface area contributed by atoms with Crippen molar-refractivity contribution in [2.45, 2.75) is 24.7 Å². The minimum atomic E-state index is -3.60. The summed E-state index contributed by atoms with van der Waals surface area (Å²) in [5.74, 6) is 0. The molecule has 0 bridgehead atoms. The maximum atomic E-state index is 12.3. The number of piperidine rings is 1. The number of sulfonamides is 1. The van der Waals surface area contributed by atoms with E-state index in [0.717, 1.165) is 25.9 Å². The molecule has 0 aliphatic carbocycles. The van der Waals surface area contributed by atoms with Crippen LogP contribution in [0.25, 0.3) is 0 Å². The number of halogens is 1. The number of hydrogen-bond donors (Lipinski definition) is 1. The molecular weight excluding hydrogens is 298 g/mol. The normalized spacial score (nSPS) is 19.9. The molecule has 112 valence electrons. The molecule has 1 saturated heterocycles. The fourth-order valence-electron chi connectivity index (χ4n) is 2.25. The molecule has 0 spiro atoms. The molecule has 1 aliphatic rings. The van der Waals surface area contributed by atoms with Crippen LogP contribution in [0.2, 0.25) is 5.15 Å². The second-order valence-corrected chi connectivity index (χ2v) is 7.82. The third kappa shape index (κ3) is 3.69. The highest BCUT2D eigenvalue weighted by Gasteiger charge is 2.31. The van der Waals surface area contributed by atoms with Crippen molar-refractivity contribution in [2.75, 3.05) is 26.7 Å². The highest BCUT2D eigenvalue weighted by Crippen LogP contribution is 2.30. The molecule has 1 aliphatic heterocycles. The number of pyridine rings is 1. The SMILES string of the molecule is CN1CCC(C)(CNS(=O)(=O)c2cccnc2Cl)CC1. The molecule has 5 nitrogen and oxygen atoms in total. The lowest BCUT2D eigenvalue weighted by atomic mass is 9.81. The van der Waals surface area contributed by atoms with Crippen molar-refractivity contribution in [3.8, 4) is 0 Å². The van der Waals surface area contributed by atoms with E-state index < -0.39 is 10.0 Å². The van der Waals surface area contributed by atoms with Gasteiger partial charge in [0.2, 0.25) is 10.0 Å². The quantitative estimate of drug-likeness (QED) is 0.859. The van der Waals surface area contributed by atoms with E-state index in [4.69, 9.17) is 11.6 Å². The minimum absolute atomic E-state index is 0.00569. The van der Waals surface area contributed by atoms with Crippen LogP contribution in [-0.2, 0) is 10.0 Å². The van der Waals surface area contributed by atoms with Gasteiger partial charge in [0.05, 0.1) is 0 Å². The number of nitrogens with one attached hydrogen (secondary N) is 1. The van der Waals surface area contributed by atoms with E-state index in [1.54, 1.807) is 6.07 Å². The largest absolute Gasteiger partial charge is 0.306 e. The third-order valence-electron chi connectivity index (χ3n) is 3.90. The highest BCUT2D eigenvalue weighted by atomic mass is 35.5. The lowest BCUT2D eigenvalue weighted by molar-refractivity contribution is 0.143. The van der Waals surface area contributed by atoms with Gasteiger partial charge in [-0.2, -0.15) is 0 Å². The first-order valence-corrected chi connectivity index (χ1v) is 8.47. The number of rotatable bonds is 4. The smallest absolute Gasteiger partial charge is 0.243 e. The van der Waals surface area contributed by atoms with E-state index in [1.807, 2.05) is 0 Å². The first kappa shape index (κ1) is 15.7. The summed E-state index contributed by atoms with van der Waals surface area (Å²) in [6, 6.07) is 3.03. The predicted octanol–water partition coefficient (Wildman–Crippen LogP) is 1.75. The molecule has 0 unspecified atom stereocenters. The Bertz CT molecular complexity index is 569. The average molecular weight is 318 g/mol. The zero-order valence-electron chi connectivity index (χ0n) is 11.8. The van der Waals surface area contributed by atoms with E-state index in [2.05, 4.69) is 28.6 Å². The van der Waals surface area contributed by atoms with Gasteiger partial charge in [0.15, 0.2) is 0 Å². The molecule has 7 heteroatoms. The summed E-state index contributed by atoms with van der Waals surface area (Å²) in [6.07, 6.45) is 3.43. The van der Waals surface area contributed by atoms with Gasteiger partial charge >= 0.3 is 0 Å². The summed E-state index contributed by atoms with van der Waals surface area (Å²) in [5.41, 5.74) is -0.00569. The minimum Gasteiger partial charge on any atom is -0.306 e. The maximum absolute atomic E-state index is 12.3. The van der Waals surface area contributed by atoms with Crippen molar-refractivity contribution in [1.82, 2.24) is 14.6 Å². The van der Waals surface area contributed by atoms with Crippen LogP contribution < -0.4 is 4.72 Å². The number of aromatic nitrogens is 1. The van der Waals surface area contributed by atoms with Crippen LogP contribution in [0.3, 0.4) is 0 Å². The maximum Gasteiger partial charge on any atom is 0.243 e. The van der Waals surface area contributed by atoms with Gasteiger partial charge in [0, 0.05) is 12.7 Å². The van der Waals surface area contributed by atoms with Crippen LogP contribution >= 0.6 is 11.6 Å². The Labute approximate surface area is 125 Å². The van der Waals surface area contributed by atoms with Crippen molar-refractivity contribution in [1.29, 1.82) is 0 Å². The fraction of sp³-hybridized carbons (Fsp3) is 0.615. The van der Waals surface area contributed by atoms with Crippen LogP contribution in [0, 0.1) is 5.41 Å². The van der Waals surface area contributed by atoms with Crippen LogP contribution in [0.1, 0.15) is 19.8 Å². The summed E-state index contributed by atoms with van der Waals surface area (Å²) >= 11 is 5.85. The first-order valence-electron chi connectivity index (χ1n) is 6.61. The lowest BCUT2D eigenvalue weighted by Gasteiger charge is -2.37. The highest BCUT2D eigenvalue weighted by molar-refractivity contribution is 7.89. The Morgan fingerprint density at radius 2 is 2.10 bits per heavy atom. The van der Waals surface area contributed by atoms with Gasteiger partial charge in [0.25, 0.3) is 0 Å². The third-order valence-corrected chi connectivity index (χ3v) is 5.74. The molecular formula is C13H20ClN3O2S. The van der Waals surface area contributed by atoms with E-state index in [0.29, 0.717) is 6.54 Å². The van der Waals surface area contributed by atoms with Crippen molar-refractivity contribution in [2.24, 2.45) is 5.41 Å². The molecule has 0 atom stereocenters. The molecule has 2 rings (SSSR count). The molecule has 1 aromatic rings. The van der Waals surface area contributed by atoms with Crippen molar-refractivity contribution >= 4 is 21.6 Å². The van der Waals surface area contributed by atoms with Crippen LogP contribution in [0.15, 0.2) is 23.2 Å². The Morgan fingerprint density at radius 3 is 2.70 bits per heavy atom. The molecule has 20 heavy (non-hydrogen) atoms. The van der Waals surface area contributed by atoms with E-state index in [9.17, 15) is 8.42 Å². The summed E-state index contributed by atoms with van der Waals surface area (Å²) in [6.45, 7) is 4.53. The molecule has 0 amide bonds. The standard InChI is InChI=1S/C13H20ClN3O2S/c1-13(5-8-17(2)9-6-13)10-16-20(18,19)11-4-3-7-15-12(11)14/h3-4,7,16H,5-6,8-10H2,1-2H3. The second kappa shape index (κ2) is 5.97. The molecule has 2 heterocycles. The van der Waals surface area contributed by atoms with Gasteiger partial charge in [-0.3, -0.25) is 0 Å². The number of hydrogen-bond acceptors (Lipinski definition) is 4. The summed E-state index contributed by atoms with van der Waals surface area (Å²) in [5, 5.41) is 0.00790. The van der Waals surface area contributed by atoms with Crippen LogP contribution in [0.5, 0.6) is 0 Å². The van der Waals surface area contributed by atoms with Crippen molar-refractivity contribution in [3.63, 3.8) is 0 Å². The van der Waals surface area contributed by atoms with Crippen molar-refractivity contribution < 1.29 is 8.42 Å². The Kier molecular flexibility index (Phi) is 4.69. The Balaban J connectivity index is 2.05. The predicted molar refractivity (Wildman–Crippen MR) is 79.3 cm³/mol. The zero-order chi connectivity index (χ0) is 14.8. The Morgan fingerprint density at radius 1 is 1.45 bits per heavy atom. The molecule has 1 fully saturated rings. The monoisotopic (exact) mass is 317 g/mol. The van der Waals surface area contributed by atoms with E-state index in [-0.39, 0.29) is 15.5 Å². The molecule has 1 aromatic heterocycles. The molecule has 0 aromatic carbocycles. The topological polar surface area (TPSA) is 62.3 Å². The average Bonchev–Trinajstić information content (AvgIpc) is 2.41. The molecule has 0 radical (unpaired) electrons. The Hall–Kier alpha value is -0.690. The summed E-state index contributed by atoms with van der Waals surface area (Å²) < 4.78 is 27.2. The zero-order valence-corrected chi connectivity index (χ0v) is 13.3. The van der Waals surface area contributed by atoms with Gasteiger partial charge < -0.3 is 4.90 Å². The van der Waals surface area contributed by atoms with Gasteiger partial charge in [-0.05, 0) is 50.5 Å². The van der Waals surface area contributed by atoms with E-state index in [1.165, 1.54) is 12.3 Å². The first-order chi connectivity index (χ1) is 9.32. The molecule has 1 N–H and O–H groups in total. The van der Waals surface area contributed by atoms with Crippen LogP contribution in [0.4, 0.5) is 0 Å². The van der Waals surface area contributed by atoms with Crippen molar-refractivity contribution in [3.05, 3.63) is 23.5 Å². The van der Waals surface area contributed by atoms with Crippen LogP contribution in [-0.4, -0.2) is 45.0 Å². The molecule has 0 saturated carbocycles. The lowest BCUT2D eigenvalue weighted by Crippen LogP contribution is -2.43. The number of nitrogens with zero attached hydrogens (tertiary/aromatic N) is 2. The number of likely N-dealkylation sites (tertiary alicyclic amines) is 1. The summed E-state index contributed by atoms with van der Waals surface area (Å²) in [7, 11) is -1.52. The van der Waals surface area contributed by atoms with Gasteiger partial charge in [-0.15, -0.1) is 0 Å². The van der Waals surface area contributed by atoms with Gasteiger partial charge in [0.1, 0.15) is 10.0 Å². The summed E-state index contributed by atoms with van der Waals surface area (Å²) in [4.78, 5) is 6.11. The van der Waals surface area contributed by atoms with Gasteiger partial charge in [-0.1, -0.05) is 18.5 Å². The second-order valence-electron chi connectivity index (χ2n) is 5.73. The fourth-order valence-corrected chi connectivity index (χ4v) is 3.90. The van der Waals surface area contributed by atoms with E-state index >= 15 is 0 Å². The van der Waals surface area contributed by atoms with Gasteiger partial charge in [-0.25, -0.2) is 18.1 Å².